The van der Waals surface area contributed by atoms with E-state index in [1.807, 2.05) is 35.2 Å². The van der Waals surface area contributed by atoms with Gasteiger partial charge in [0.15, 0.2) is 5.78 Å². The summed E-state index contributed by atoms with van der Waals surface area (Å²) in [6.07, 6.45) is 1.94. The molecule has 27 heavy (non-hydrogen) atoms. The summed E-state index contributed by atoms with van der Waals surface area (Å²) in [6, 6.07) is 16.9. The summed E-state index contributed by atoms with van der Waals surface area (Å²) < 4.78 is 5.44. The molecule has 1 saturated heterocycles. The van der Waals surface area contributed by atoms with Crippen LogP contribution in [0.3, 0.4) is 0 Å². The lowest BCUT2D eigenvalue weighted by Gasteiger charge is -2.30. The standard InChI is InChI=1S/C22H26N2O3/c1-17(25)20-8-5-9-21(14-20)23-22(26)24(15-18-6-3-2-4-7-18)16-19-10-12-27-13-11-19/h2-9,14,19H,10-13,15-16H2,1H3,(H,23,26). The third kappa shape index (κ3) is 5.66. The molecule has 2 amide bonds. The number of urea groups is 1. The number of anilines is 1. The minimum atomic E-state index is -0.147. The molecule has 1 aliphatic rings. The van der Waals surface area contributed by atoms with Crippen molar-refractivity contribution in [3.8, 4) is 0 Å². The van der Waals surface area contributed by atoms with E-state index in [0.29, 0.717) is 30.3 Å². The smallest absolute Gasteiger partial charge is 0.322 e. The Balaban J connectivity index is 1.72. The van der Waals surface area contributed by atoms with Gasteiger partial charge in [0.25, 0.3) is 0 Å². The first kappa shape index (κ1) is 19.1. The number of ketones is 1. The van der Waals surface area contributed by atoms with Gasteiger partial charge in [0.05, 0.1) is 0 Å². The van der Waals surface area contributed by atoms with E-state index in [1.165, 1.54) is 6.92 Å². The number of hydrogen-bond acceptors (Lipinski definition) is 3. The van der Waals surface area contributed by atoms with Gasteiger partial charge in [-0.15, -0.1) is 0 Å². The Hall–Kier alpha value is -2.66. The fourth-order valence-corrected chi connectivity index (χ4v) is 3.28. The average molecular weight is 366 g/mol. The Bertz CT molecular complexity index is 770. The highest BCUT2D eigenvalue weighted by molar-refractivity contribution is 5.96. The summed E-state index contributed by atoms with van der Waals surface area (Å²) in [4.78, 5) is 26.4. The van der Waals surface area contributed by atoms with Crippen LogP contribution in [0.15, 0.2) is 54.6 Å². The predicted molar refractivity (Wildman–Crippen MR) is 106 cm³/mol. The van der Waals surface area contributed by atoms with E-state index in [2.05, 4.69) is 5.32 Å². The molecular weight excluding hydrogens is 340 g/mol. The highest BCUT2D eigenvalue weighted by atomic mass is 16.5. The monoisotopic (exact) mass is 366 g/mol. The van der Waals surface area contributed by atoms with E-state index in [9.17, 15) is 9.59 Å². The van der Waals surface area contributed by atoms with Gasteiger partial charge in [0, 0.05) is 37.6 Å². The van der Waals surface area contributed by atoms with Crippen LogP contribution in [0.1, 0.15) is 35.7 Å². The van der Waals surface area contributed by atoms with Gasteiger partial charge in [-0.1, -0.05) is 42.5 Å². The lowest BCUT2D eigenvalue weighted by molar-refractivity contribution is 0.0564. The van der Waals surface area contributed by atoms with Crippen molar-refractivity contribution in [3.05, 3.63) is 65.7 Å². The number of benzene rings is 2. The van der Waals surface area contributed by atoms with Crippen molar-refractivity contribution in [1.82, 2.24) is 4.90 Å². The number of nitrogens with zero attached hydrogens (tertiary/aromatic N) is 1. The van der Waals surface area contributed by atoms with Crippen molar-refractivity contribution in [1.29, 1.82) is 0 Å². The number of ether oxygens (including phenoxy) is 1. The molecule has 2 aromatic carbocycles. The Kier molecular flexibility index (Phi) is 6.60. The minimum Gasteiger partial charge on any atom is -0.381 e. The number of carbonyl (C=O) groups excluding carboxylic acids is 2. The highest BCUT2D eigenvalue weighted by Crippen LogP contribution is 2.19. The molecule has 0 radical (unpaired) electrons. The van der Waals surface area contributed by atoms with E-state index >= 15 is 0 Å². The molecule has 1 fully saturated rings. The Morgan fingerprint density at radius 2 is 1.81 bits per heavy atom. The Morgan fingerprint density at radius 1 is 1.07 bits per heavy atom. The van der Waals surface area contributed by atoms with E-state index in [0.717, 1.165) is 31.6 Å². The number of hydrogen-bond donors (Lipinski definition) is 1. The zero-order valence-electron chi connectivity index (χ0n) is 15.7. The molecule has 0 spiro atoms. The maximum Gasteiger partial charge on any atom is 0.322 e. The van der Waals surface area contributed by atoms with Crippen LogP contribution in [0.25, 0.3) is 0 Å². The van der Waals surface area contributed by atoms with E-state index in [4.69, 9.17) is 4.74 Å². The molecule has 0 unspecified atom stereocenters. The summed E-state index contributed by atoms with van der Waals surface area (Å²) in [6.45, 7) is 4.28. The van der Waals surface area contributed by atoms with Crippen molar-refractivity contribution in [2.45, 2.75) is 26.3 Å². The molecule has 5 heteroatoms. The third-order valence-electron chi connectivity index (χ3n) is 4.84. The first-order valence-electron chi connectivity index (χ1n) is 9.40. The number of carbonyl (C=O) groups is 2. The maximum atomic E-state index is 13.0. The molecule has 3 rings (SSSR count). The second kappa shape index (κ2) is 9.33. The number of rotatable bonds is 6. The topological polar surface area (TPSA) is 58.6 Å². The number of Topliss-reactive ketones (excluding diaryl/α,β-unsaturated/α-hetero) is 1. The van der Waals surface area contributed by atoms with E-state index in [1.54, 1.807) is 24.3 Å². The van der Waals surface area contributed by atoms with Gasteiger partial charge in [-0.05, 0) is 43.4 Å². The van der Waals surface area contributed by atoms with Crippen molar-refractivity contribution in [2.24, 2.45) is 5.92 Å². The lowest BCUT2D eigenvalue weighted by atomic mass is 9.99. The molecule has 5 nitrogen and oxygen atoms in total. The quantitative estimate of drug-likeness (QED) is 0.773. The van der Waals surface area contributed by atoms with Gasteiger partial charge in [-0.3, -0.25) is 4.79 Å². The summed E-state index contributed by atoms with van der Waals surface area (Å²) in [5.41, 5.74) is 2.32. The normalized spacial score (nSPS) is 14.6. The predicted octanol–water partition coefficient (Wildman–Crippen LogP) is 4.35. The number of nitrogens with one attached hydrogen (secondary N) is 1. The van der Waals surface area contributed by atoms with Crippen molar-refractivity contribution in [2.75, 3.05) is 25.1 Å². The Labute approximate surface area is 160 Å². The molecule has 142 valence electrons. The van der Waals surface area contributed by atoms with Crippen LogP contribution in [0, 0.1) is 5.92 Å². The van der Waals surface area contributed by atoms with Crippen LogP contribution in [-0.4, -0.2) is 36.5 Å². The van der Waals surface area contributed by atoms with Crippen LogP contribution in [0.5, 0.6) is 0 Å². The van der Waals surface area contributed by atoms with Gasteiger partial charge >= 0.3 is 6.03 Å². The fraction of sp³-hybridized carbons (Fsp3) is 0.364. The van der Waals surface area contributed by atoms with Crippen molar-refractivity contribution < 1.29 is 14.3 Å². The molecular formula is C22H26N2O3. The summed E-state index contributed by atoms with van der Waals surface area (Å²) in [7, 11) is 0. The molecule has 1 aliphatic heterocycles. The lowest BCUT2D eigenvalue weighted by Crippen LogP contribution is -2.39. The zero-order valence-corrected chi connectivity index (χ0v) is 15.7. The third-order valence-corrected chi connectivity index (χ3v) is 4.84. The first-order valence-corrected chi connectivity index (χ1v) is 9.40. The van der Waals surface area contributed by atoms with Crippen LogP contribution in [0.4, 0.5) is 10.5 Å². The van der Waals surface area contributed by atoms with Gasteiger partial charge in [-0.2, -0.15) is 0 Å². The molecule has 0 bridgehead atoms. The molecule has 0 aliphatic carbocycles. The molecule has 1 heterocycles. The van der Waals surface area contributed by atoms with E-state index in [-0.39, 0.29) is 11.8 Å². The van der Waals surface area contributed by atoms with E-state index < -0.39 is 0 Å². The number of amides is 2. The van der Waals surface area contributed by atoms with Gasteiger partial charge in [-0.25, -0.2) is 4.79 Å². The van der Waals surface area contributed by atoms with Crippen LogP contribution in [-0.2, 0) is 11.3 Å². The van der Waals surface area contributed by atoms with Gasteiger partial charge in [0.2, 0.25) is 0 Å². The second-order valence-corrected chi connectivity index (χ2v) is 6.99. The summed E-state index contributed by atoms with van der Waals surface area (Å²) >= 11 is 0. The van der Waals surface area contributed by atoms with Crippen LogP contribution >= 0.6 is 0 Å². The molecule has 1 N–H and O–H groups in total. The SMILES string of the molecule is CC(=O)c1cccc(NC(=O)N(Cc2ccccc2)CC2CCOCC2)c1. The summed E-state index contributed by atoms with van der Waals surface area (Å²) in [5.74, 6) is 0.422. The molecule has 2 aromatic rings. The Morgan fingerprint density at radius 3 is 2.52 bits per heavy atom. The van der Waals surface area contributed by atoms with Crippen LogP contribution < -0.4 is 5.32 Å². The second-order valence-electron chi connectivity index (χ2n) is 6.99. The first-order chi connectivity index (χ1) is 13.1. The van der Waals surface area contributed by atoms with Gasteiger partial charge in [0.1, 0.15) is 0 Å². The molecule has 0 saturated carbocycles. The van der Waals surface area contributed by atoms with Gasteiger partial charge < -0.3 is 15.0 Å². The average Bonchev–Trinajstić information content (AvgIpc) is 2.69. The largest absolute Gasteiger partial charge is 0.381 e. The van der Waals surface area contributed by atoms with Crippen molar-refractivity contribution >= 4 is 17.5 Å². The zero-order chi connectivity index (χ0) is 19.1. The van der Waals surface area contributed by atoms with Crippen molar-refractivity contribution in [3.63, 3.8) is 0 Å². The van der Waals surface area contributed by atoms with Crippen LogP contribution in [0.2, 0.25) is 0 Å². The minimum absolute atomic E-state index is 0.0190. The summed E-state index contributed by atoms with van der Waals surface area (Å²) in [5, 5.41) is 2.95. The fourth-order valence-electron chi connectivity index (χ4n) is 3.28. The highest BCUT2D eigenvalue weighted by Gasteiger charge is 2.21. The maximum absolute atomic E-state index is 13.0. The molecule has 0 atom stereocenters. The molecule has 0 aromatic heterocycles.